The van der Waals surface area contributed by atoms with Crippen molar-refractivity contribution in [3.63, 3.8) is 0 Å². The molecule has 1 fully saturated rings. The van der Waals surface area contributed by atoms with Crippen LogP contribution in [0.5, 0.6) is 0 Å². The number of carboxylic acid groups (broad SMARTS) is 1. The van der Waals surface area contributed by atoms with E-state index in [1.807, 2.05) is 0 Å². The SMILES string of the molecule is Cc1noc2ncc(C(=O)N3CSCC3C(=O)O)cc12. The normalized spacial score (nSPS) is 18.6. The van der Waals surface area contributed by atoms with E-state index in [4.69, 9.17) is 9.63 Å². The molecular weight excluding hydrogens is 282 g/mol. The fraction of sp³-hybridized carbons (Fsp3) is 0.333. The summed E-state index contributed by atoms with van der Waals surface area (Å²) in [6, 6.07) is 0.852. The number of rotatable bonds is 2. The van der Waals surface area contributed by atoms with Crippen molar-refractivity contribution >= 4 is 34.7 Å². The van der Waals surface area contributed by atoms with E-state index in [0.29, 0.717) is 34.0 Å². The minimum atomic E-state index is -0.987. The van der Waals surface area contributed by atoms with Crippen LogP contribution in [-0.4, -0.2) is 49.7 Å². The number of aromatic nitrogens is 2. The van der Waals surface area contributed by atoms with Crippen LogP contribution >= 0.6 is 11.8 Å². The molecule has 1 aliphatic heterocycles. The number of carbonyl (C=O) groups is 2. The van der Waals surface area contributed by atoms with Crippen LogP contribution in [0.1, 0.15) is 16.1 Å². The van der Waals surface area contributed by atoms with E-state index in [1.165, 1.54) is 22.9 Å². The van der Waals surface area contributed by atoms with Crippen LogP contribution in [0.4, 0.5) is 0 Å². The number of carbonyl (C=O) groups excluding carboxylic acids is 1. The second-order valence-electron chi connectivity index (χ2n) is 4.47. The van der Waals surface area contributed by atoms with Crippen LogP contribution in [0.15, 0.2) is 16.8 Å². The zero-order valence-corrected chi connectivity index (χ0v) is 11.4. The van der Waals surface area contributed by atoms with Gasteiger partial charge in [-0.2, -0.15) is 0 Å². The lowest BCUT2D eigenvalue weighted by molar-refractivity contribution is -0.140. The fourth-order valence-electron chi connectivity index (χ4n) is 2.08. The van der Waals surface area contributed by atoms with Crippen molar-refractivity contribution in [3.8, 4) is 0 Å². The highest BCUT2D eigenvalue weighted by molar-refractivity contribution is 7.99. The quantitative estimate of drug-likeness (QED) is 0.886. The van der Waals surface area contributed by atoms with E-state index in [1.54, 1.807) is 13.0 Å². The van der Waals surface area contributed by atoms with Crippen LogP contribution in [0.2, 0.25) is 0 Å². The van der Waals surface area contributed by atoms with Crippen molar-refractivity contribution in [2.24, 2.45) is 0 Å². The zero-order chi connectivity index (χ0) is 14.3. The second-order valence-corrected chi connectivity index (χ2v) is 5.47. The van der Waals surface area contributed by atoms with E-state index >= 15 is 0 Å². The number of hydrogen-bond acceptors (Lipinski definition) is 6. The molecule has 8 heteroatoms. The number of hydrogen-bond donors (Lipinski definition) is 1. The zero-order valence-electron chi connectivity index (χ0n) is 10.6. The summed E-state index contributed by atoms with van der Waals surface area (Å²) in [6.45, 7) is 1.76. The van der Waals surface area contributed by atoms with Crippen molar-refractivity contribution in [3.05, 3.63) is 23.5 Å². The van der Waals surface area contributed by atoms with E-state index in [-0.39, 0.29) is 5.91 Å². The predicted molar refractivity (Wildman–Crippen MR) is 71.5 cm³/mol. The largest absolute Gasteiger partial charge is 0.480 e. The Labute approximate surface area is 117 Å². The summed E-state index contributed by atoms with van der Waals surface area (Å²) in [6.07, 6.45) is 1.39. The van der Waals surface area contributed by atoms with Crippen molar-refractivity contribution in [1.29, 1.82) is 0 Å². The Hall–Kier alpha value is -2.09. The fourth-order valence-corrected chi connectivity index (χ4v) is 3.22. The summed E-state index contributed by atoms with van der Waals surface area (Å²) in [7, 11) is 0. The molecule has 1 saturated heterocycles. The number of nitrogens with zero attached hydrogens (tertiary/aromatic N) is 3. The van der Waals surface area contributed by atoms with Crippen molar-refractivity contribution in [2.75, 3.05) is 11.6 Å². The van der Waals surface area contributed by atoms with Crippen LogP contribution < -0.4 is 0 Å². The molecule has 1 aliphatic rings. The summed E-state index contributed by atoms with van der Waals surface area (Å²) in [4.78, 5) is 28.9. The molecule has 0 radical (unpaired) electrons. The molecule has 3 rings (SSSR count). The van der Waals surface area contributed by atoms with E-state index in [2.05, 4.69) is 10.1 Å². The third kappa shape index (κ3) is 2.01. The van der Waals surface area contributed by atoms with Gasteiger partial charge >= 0.3 is 5.97 Å². The molecule has 1 amide bonds. The van der Waals surface area contributed by atoms with Gasteiger partial charge in [0.15, 0.2) is 0 Å². The number of aliphatic carboxylic acids is 1. The molecule has 3 heterocycles. The van der Waals surface area contributed by atoms with E-state index in [9.17, 15) is 9.59 Å². The number of thioether (sulfide) groups is 1. The third-order valence-corrected chi connectivity index (χ3v) is 4.20. The van der Waals surface area contributed by atoms with Gasteiger partial charge < -0.3 is 14.5 Å². The molecule has 1 N–H and O–H groups in total. The molecule has 1 atom stereocenters. The molecule has 7 nitrogen and oxygen atoms in total. The molecule has 0 aromatic carbocycles. The minimum Gasteiger partial charge on any atom is -0.480 e. The maximum absolute atomic E-state index is 12.4. The molecule has 1 unspecified atom stereocenters. The number of carboxylic acids is 1. The summed E-state index contributed by atoms with van der Waals surface area (Å²) >= 11 is 1.42. The molecule has 0 spiro atoms. The molecule has 0 bridgehead atoms. The molecule has 0 aliphatic carbocycles. The monoisotopic (exact) mass is 293 g/mol. The Kier molecular flexibility index (Phi) is 3.09. The van der Waals surface area contributed by atoms with Gasteiger partial charge in [0.1, 0.15) is 6.04 Å². The Bertz CT molecular complexity index is 699. The topological polar surface area (TPSA) is 96.5 Å². The number of aryl methyl sites for hydroxylation is 1. The van der Waals surface area contributed by atoms with Gasteiger partial charge in [0.05, 0.1) is 22.5 Å². The lowest BCUT2D eigenvalue weighted by atomic mass is 10.1. The first-order valence-electron chi connectivity index (χ1n) is 5.91. The first-order chi connectivity index (χ1) is 9.58. The van der Waals surface area contributed by atoms with Crippen molar-refractivity contribution in [1.82, 2.24) is 15.0 Å². The van der Waals surface area contributed by atoms with Gasteiger partial charge in [-0.3, -0.25) is 4.79 Å². The Morgan fingerprint density at radius 2 is 2.35 bits per heavy atom. The Morgan fingerprint density at radius 3 is 3.10 bits per heavy atom. The predicted octanol–water partition coefficient (Wildman–Crippen LogP) is 1.13. The van der Waals surface area contributed by atoms with Gasteiger partial charge in [-0.15, -0.1) is 11.8 Å². The molecule has 2 aromatic heterocycles. The third-order valence-electron chi connectivity index (χ3n) is 3.19. The van der Waals surface area contributed by atoms with Gasteiger partial charge in [-0.1, -0.05) is 5.16 Å². The smallest absolute Gasteiger partial charge is 0.327 e. The molecular formula is C12H11N3O4S. The van der Waals surface area contributed by atoms with Crippen molar-refractivity contribution < 1.29 is 19.2 Å². The van der Waals surface area contributed by atoms with Gasteiger partial charge in [0.25, 0.3) is 11.6 Å². The average Bonchev–Trinajstić information content (AvgIpc) is 3.05. The molecule has 20 heavy (non-hydrogen) atoms. The summed E-state index contributed by atoms with van der Waals surface area (Å²) in [5.74, 6) is -0.546. The number of amides is 1. The summed E-state index contributed by atoms with van der Waals surface area (Å²) in [5, 5.41) is 13.6. The summed E-state index contributed by atoms with van der Waals surface area (Å²) < 4.78 is 4.98. The number of pyridine rings is 1. The molecule has 0 saturated carbocycles. The second kappa shape index (κ2) is 4.78. The lowest BCUT2D eigenvalue weighted by Gasteiger charge is -2.20. The van der Waals surface area contributed by atoms with Crippen LogP contribution in [-0.2, 0) is 4.79 Å². The first-order valence-corrected chi connectivity index (χ1v) is 7.07. The van der Waals surface area contributed by atoms with Crippen molar-refractivity contribution in [2.45, 2.75) is 13.0 Å². The standard InChI is InChI=1S/C12H11N3O4S/c1-6-8-2-7(3-13-10(8)19-14-6)11(16)15-5-20-4-9(15)12(17)18/h2-3,9H,4-5H2,1H3,(H,17,18). The number of fused-ring (bicyclic) bond motifs is 1. The van der Waals surface area contributed by atoms with Gasteiger partial charge in [0.2, 0.25) is 0 Å². The van der Waals surface area contributed by atoms with Crippen LogP contribution in [0.3, 0.4) is 0 Å². The van der Waals surface area contributed by atoms with Crippen LogP contribution in [0, 0.1) is 6.92 Å². The molecule has 104 valence electrons. The first kappa shape index (κ1) is 12.9. The van der Waals surface area contributed by atoms with Gasteiger partial charge in [-0.25, -0.2) is 9.78 Å². The Balaban J connectivity index is 1.95. The highest BCUT2D eigenvalue weighted by Crippen LogP contribution is 2.24. The van der Waals surface area contributed by atoms with Crippen LogP contribution in [0.25, 0.3) is 11.1 Å². The average molecular weight is 293 g/mol. The Morgan fingerprint density at radius 1 is 1.55 bits per heavy atom. The minimum absolute atomic E-state index is 0.336. The van der Waals surface area contributed by atoms with E-state index in [0.717, 1.165) is 0 Å². The molecule has 2 aromatic rings. The summed E-state index contributed by atoms with van der Waals surface area (Å²) in [5.41, 5.74) is 1.36. The maximum Gasteiger partial charge on any atom is 0.327 e. The van der Waals surface area contributed by atoms with Gasteiger partial charge in [-0.05, 0) is 13.0 Å². The van der Waals surface area contributed by atoms with E-state index < -0.39 is 12.0 Å². The highest BCUT2D eigenvalue weighted by Gasteiger charge is 2.35. The maximum atomic E-state index is 12.4. The lowest BCUT2D eigenvalue weighted by Crippen LogP contribution is -2.41. The highest BCUT2D eigenvalue weighted by atomic mass is 32.2. The van der Waals surface area contributed by atoms with Gasteiger partial charge in [0, 0.05) is 11.9 Å².